The predicted molar refractivity (Wildman–Crippen MR) is 69.0 cm³/mol. The summed E-state index contributed by atoms with van der Waals surface area (Å²) in [6.07, 6.45) is 7.11. The van der Waals surface area contributed by atoms with E-state index in [-0.39, 0.29) is 12.0 Å². The van der Waals surface area contributed by atoms with E-state index in [2.05, 4.69) is 9.97 Å². The van der Waals surface area contributed by atoms with E-state index >= 15 is 0 Å². The number of hydrogen-bond donors (Lipinski definition) is 0. The Hall–Kier alpha value is -2.11. The summed E-state index contributed by atoms with van der Waals surface area (Å²) in [4.78, 5) is 21.6. The molecule has 0 bridgehead atoms. The molecule has 1 amide bonds. The molecule has 1 aliphatic heterocycles. The number of hydrogen-bond acceptors (Lipinski definition) is 5. The molecule has 1 saturated heterocycles. The number of methoxy groups -OCH3 is 1. The highest BCUT2D eigenvalue weighted by Gasteiger charge is 2.26. The third-order valence-electron chi connectivity index (χ3n) is 2.85. The molecule has 0 spiro atoms. The van der Waals surface area contributed by atoms with E-state index in [9.17, 15) is 4.79 Å². The quantitative estimate of drug-likeness (QED) is 0.759. The van der Waals surface area contributed by atoms with Gasteiger partial charge >= 0.3 is 0 Å². The summed E-state index contributed by atoms with van der Waals surface area (Å²) in [5, 5.41) is 0. The highest BCUT2D eigenvalue weighted by atomic mass is 16.5. The molecule has 102 valence electrons. The number of carbonyl (C=O) groups is 1. The molecule has 0 saturated carbocycles. The van der Waals surface area contributed by atoms with E-state index < -0.39 is 0 Å². The van der Waals surface area contributed by atoms with Gasteiger partial charge in [-0.2, -0.15) is 4.98 Å². The molecule has 1 fully saturated rings. The van der Waals surface area contributed by atoms with Gasteiger partial charge in [0, 0.05) is 13.0 Å². The zero-order chi connectivity index (χ0) is 13.7. The van der Waals surface area contributed by atoms with E-state index in [1.165, 1.54) is 13.3 Å². The van der Waals surface area contributed by atoms with Crippen LogP contribution < -0.4 is 9.47 Å². The monoisotopic (exact) mass is 263 g/mol. The van der Waals surface area contributed by atoms with Crippen molar-refractivity contribution in [2.24, 2.45) is 0 Å². The second-order valence-corrected chi connectivity index (χ2v) is 4.21. The summed E-state index contributed by atoms with van der Waals surface area (Å²) < 4.78 is 10.7. The third-order valence-corrected chi connectivity index (χ3v) is 2.85. The summed E-state index contributed by atoms with van der Waals surface area (Å²) in [5.41, 5.74) is 0. The summed E-state index contributed by atoms with van der Waals surface area (Å²) in [7, 11) is 1.53. The lowest BCUT2D eigenvalue weighted by Gasteiger charge is -2.15. The minimum Gasteiger partial charge on any atom is -0.480 e. The van der Waals surface area contributed by atoms with Gasteiger partial charge < -0.3 is 14.4 Å². The van der Waals surface area contributed by atoms with Crippen LogP contribution in [0.4, 0.5) is 0 Å². The average Bonchev–Trinajstić information content (AvgIpc) is 2.88. The van der Waals surface area contributed by atoms with E-state index in [4.69, 9.17) is 9.47 Å². The molecule has 0 N–H and O–H groups in total. The molecular formula is C13H17N3O3. The van der Waals surface area contributed by atoms with E-state index in [0.717, 1.165) is 6.42 Å². The number of likely N-dealkylation sites (tertiary alicyclic amines) is 1. The van der Waals surface area contributed by atoms with Crippen LogP contribution in [0.2, 0.25) is 0 Å². The van der Waals surface area contributed by atoms with Crippen molar-refractivity contribution in [2.45, 2.75) is 19.4 Å². The number of carbonyl (C=O) groups excluding carboxylic acids is 1. The van der Waals surface area contributed by atoms with Crippen LogP contribution in [-0.2, 0) is 4.79 Å². The summed E-state index contributed by atoms with van der Waals surface area (Å²) in [6, 6.07) is 0. The van der Waals surface area contributed by atoms with Crippen molar-refractivity contribution in [3.63, 3.8) is 0 Å². The molecule has 2 rings (SSSR count). The van der Waals surface area contributed by atoms with Gasteiger partial charge in [-0.3, -0.25) is 9.78 Å². The third kappa shape index (κ3) is 3.43. The first-order valence-electron chi connectivity index (χ1n) is 6.17. The van der Waals surface area contributed by atoms with Crippen LogP contribution in [0, 0.1) is 0 Å². The second kappa shape index (κ2) is 6.17. The Bertz CT molecular complexity index is 476. The number of aromatic nitrogens is 2. The van der Waals surface area contributed by atoms with Crippen LogP contribution in [0.3, 0.4) is 0 Å². The van der Waals surface area contributed by atoms with Gasteiger partial charge in [0.1, 0.15) is 6.10 Å². The topological polar surface area (TPSA) is 64.6 Å². The summed E-state index contributed by atoms with van der Waals surface area (Å²) in [5.74, 6) is 0.854. The highest BCUT2D eigenvalue weighted by molar-refractivity contribution is 5.87. The average molecular weight is 263 g/mol. The first-order chi connectivity index (χ1) is 9.22. The first kappa shape index (κ1) is 13.3. The molecule has 6 nitrogen and oxygen atoms in total. The van der Waals surface area contributed by atoms with Crippen molar-refractivity contribution in [1.29, 1.82) is 0 Å². The molecule has 1 unspecified atom stereocenters. The number of allylic oxidation sites excluding steroid dienone is 1. The van der Waals surface area contributed by atoms with Gasteiger partial charge in [0.25, 0.3) is 0 Å². The first-order valence-corrected chi connectivity index (χ1v) is 6.17. The Labute approximate surface area is 112 Å². The van der Waals surface area contributed by atoms with Gasteiger partial charge in [0.15, 0.2) is 0 Å². The number of ether oxygens (including phenoxy) is 2. The fraction of sp³-hybridized carbons (Fsp3) is 0.462. The summed E-state index contributed by atoms with van der Waals surface area (Å²) in [6.45, 7) is 3.10. The van der Waals surface area contributed by atoms with E-state index in [1.807, 2.05) is 6.92 Å². The molecule has 1 atom stereocenters. The normalized spacial score (nSPS) is 18.8. The summed E-state index contributed by atoms with van der Waals surface area (Å²) >= 11 is 0. The lowest BCUT2D eigenvalue weighted by atomic mass is 10.3. The molecule has 0 radical (unpaired) electrons. The van der Waals surface area contributed by atoms with Gasteiger partial charge in [-0.05, 0) is 13.0 Å². The van der Waals surface area contributed by atoms with Crippen molar-refractivity contribution in [3.05, 3.63) is 24.5 Å². The van der Waals surface area contributed by atoms with Crippen LogP contribution in [0.25, 0.3) is 0 Å². The van der Waals surface area contributed by atoms with Crippen LogP contribution in [0.5, 0.6) is 11.8 Å². The molecule has 1 aliphatic rings. The van der Waals surface area contributed by atoms with Gasteiger partial charge in [-0.15, -0.1) is 0 Å². The van der Waals surface area contributed by atoms with Crippen LogP contribution >= 0.6 is 0 Å². The van der Waals surface area contributed by atoms with Crippen molar-refractivity contribution >= 4 is 5.91 Å². The molecular weight excluding hydrogens is 246 g/mol. The maximum absolute atomic E-state index is 11.7. The smallest absolute Gasteiger partial charge is 0.246 e. The minimum atomic E-state index is -0.0457. The Morgan fingerprint density at radius 2 is 2.26 bits per heavy atom. The Morgan fingerprint density at radius 3 is 3.00 bits per heavy atom. The molecule has 0 aromatic carbocycles. The number of amides is 1. The Kier molecular flexibility index (Phi) is 4.33. The van der Waals surface area contributed by atoms with E-state index in [1.54, 1.807) is 23.2 Å². The maximum Gasteiger partial charge on any atom is 0.246 e. The molecule has 6 heteroatoms. The van der Waals surface area contributed by atoms with Crippen LogP contribution in [-0.4, -0.2) is 47.1 Å². The highest BCUT2D eigenvalue weighted by Crippen LogP contribution is 2.18. The Balaban J connectivity index is 1.92. The van der Waals surface area contributed by atoms with Gasteiger partial charge in [0.2, 0.25) is 17.7 Å². The largest absolute Gasteiger partial charge is 0.480 e. The molecule has 19 heavy (non-hydrogen) atoms. The number of rotatable bonds is 4. The maximum atomic E-state index is 11.7. The Morgan fingerprint density at radius 1 is 1.47 bits per heavy atom. The van der Waals surface area contributed by atoms with Crippen molar-refractivity contribution < 1.29 is 14.3 Å². The fourth-order valence-corrected chi connectivity index (χ4v) is 1.93. The van der Waals surface area contributed by atoms with Gasteiger partial charge in [-0.1, -0.05) is 6.08 Å². The van der Waals surface area contributed by atoms with Crippen LogP contribution in [0.1, 0.15) is 13.3 Å². The van der Waals surface area contributed by atoms with E-state index in [0.29, 0.717) is 24.8 Å². The van der Waals surface area contributed by atoms with Crippen molar-refractivity contribution in [1.82, 2.24) is 14.9 Å². The molecule has 2 heterocycles. The lowest BCUT2D eigenvalue weighted by molar-refractivity contribution is -0.125. The molecule has 1 aromatic rings. The van der Waals surface area contributed by atoms with Crippen molar-refractivity contribution in [2.75, 3.05) is 20.2 Å². The molecule has 0 aliphatic carbocycles. The van der Waals surface area contributed by atoms with Crippen molar-refractivity contribution in [3.8, 4) is 11.8 Å². The minimum absolute atomic E-state index is 0.0188. The van der Waals surface area contributed by atoms with Crippen LogP contribution in [0.15, 0.2) is 24.5 Å². The van der Waals surface area contributed by atoms with Gasteiger partial charge in [0.05, 0.1) is 26.0 Å². The fourth-order valence-electron chi connectivity index (χ4n) is 1.93. The predicted octanol–water partition coefficient (Wildman–Crippen LogP) is 1.04. The standard InChI is InChI=1S/C13H17N3O3/c1-3-4-13(17)16-6-5-10(9-16)19-12-8-14-7-11(15-12)18-2/h3-4,7-8,10H,5-6,9H2,1-2H3. The SMILES string of the molecule is CC=CC(=O)N1CCC(Oc2cncc(OC)n2)C1. The second-order valence-electron chi connectivity index (χ2n) is 4.21. The zero-order valence-electron chi connectivity index (χ0n) is 11.1. The zero-order valence-corrected chi connectivity index (χ0v) is 11.1. The van der Waals surface area contributed by atoms with Gasteiger partial charge in [-0.25, -0.2) is 0 Å². The molecule has 1 aromatic heterocycles. The number of nitrogens with zero attached hydrogens (tertiary/aromatic N) is 3. The lowest BCUT2D eigenvalue weighted by Crippen LogP contribution is -2.29.